The molecule has 24 heavy (non-hydrogen) atoms. The van der Waals surface area contributed by atoms with Crippen molar-refractivity contribution in [2.45, 2.75) is 57.9 Å². The number of nitrogens with zero attached hydrogens (tertiary/aromatic N) is 5. The molecule has 0 radical (unpaired) electrons. The fourth-order valence-electron chi connectivity index (χ4n) is 3.73. The van der Waals surface area contributed by atoms with Crippen molar-refractivity contribution in [3.8, 4) is 5.69 Å². The minimum Gasteiger partial charge on any atom is -0.333 e. The van der Waals surface area contributed by atoms with E-state index < -0.39 is 5.54 Å². The molecule has 1 fully saturated rings. The molecule has 1 amide bonds. The van der Waals surface area contributed by atoms with Gasteiger partial charge < -0.3 is 4.90 Å². The molecule has 1 aromatic heterocycles. The first kappa shape index (κ1) is 16.6. The van der Waals surface area contributed by atoms with Gasteiger partial charge in [-0.2, -0.15) is 4.68 Å². The molecule has 1 aliphatic carbocycles. The molecular formula is C18H25N5O. The lowest BCUT2D eigenvalue weighted by Gasteiger charge is -2.43. The normalized spacial score (nSPS) is 16.8. The Morgan fingerprint density at radius 1 is 1.29 bits per heavy atom. The van der Waals surface area contributed by atoms with Crippen LogP contribution in [0.5, 0.6) is 0 Å². The van der Waals surface area contributed by atoms with Crippen LogP contribution in [0.2, 0.25) is 0 Å². The maximum absolute atomic E-state index is 12.5. The van der Waals surface area contributed by atoms with E-state index >= 15 is 0 Å². The summed E-state index contributed by atoms with van der Waals surface area (Å²) >= 11 is 0. The highest BCUT2D eigenvalue weighted by Gasteiger charge is 2.44. The Bertz CT molecular complexity index is 718. The second-order valence-electron chi connectivity index (χ2n) is 6.65. The molecule has 0 bridgehead atoms. The van der Waals surface area contributed by atoms with Crippen LogP contribution < -0.4 is 0 Å². The third kappa shape index (κ3) is 2.81. The molecule has 0 aliphatic heterocycles. The van der Waals surface area contributed by atoms with Crippen LogP contribution in [-0.4, -0.2) is 38.1 Å². The summed E-state index contributed by atoms with van der Waals surface area (Å²) in [6, 6.07) is 8.13. The lowest BCUT2D eigenvalue weighted by molar-refractivity contribution is -0.137. The maximum Gasteiger partial charge on any atom is 0.222 e. The van der Waals surface area contributed by atoms with Gasteiger partial charge in [0.1, 0.15) is 5.54 Å². The fraction of sp³-hybridized carbons (Fsp3) is 0.556. The molecule has 0 atom stereocenters. The zero-order valence-electron chi connectivity index (χ0n) is 14.7. The number of tetrazole rings is 1. The van der Waals surface area contributed by atoms with E-state index in [0.717, 1.165) is 42.8 Å². The lowest BCUT2D eigenvalue weighted by atomic mass is 9.79. The van der Waals surface area contributed by atoms with Gasteiger partial charge in [0.2, 0.25) is 5.91 Å². The quantitative estimate of drug-likeness (QED) is 0.866. The van der Waals surface area contributed by atoms with Crippen LogP contribution in [0.15, 0.2) is 24.3 Å². The standard InChI is InChI=1S/C18H25N5O/c1-4-16(24)22(3)18(11-6-5-7-12-18)17-19-20-21-23(17)15-10-8-9-14(2)13-15/h8-10,13H,4-7,11-12H2,1-3H3. The first-order valence-electron chi connectivity index (χ1n) is 8.71. The van der Waals surface area contributed by atoms with Crippen molar-refractivity contribution in [2.75, 3.05) is 7.05 Å². The van der Waals surface area contributed by atoms with Crippen molar-refractivity contribution < 1.29 is 4.79 Å². The van der Waals surface area contributed by atoms with Gasteiger partial charge >= 0.3 is 0 Å². The highest BCUT2D eigenvalue weighted by atomic mass is 16.2. The molecule has 1 aromatic carbocycles. The molecule has 0 unspecified atom stereocenters. The van der Waals surface area contributed by atoms with Gasteiger partial charge in [-0.15, -0.1) is 5.10 Å². The number of aromatic nitrogens is 4. The number of hydrogen-bond acceptors (Lipinski definition) is 4. The van der Waals surface area contributed by atoms with Gasteiger partial charge in [-0.05, 0) is 47.9 Å². The Hall–Kier alpha value is -2.24. The summed E-state index contributed by atoms with van der Waals surface area (Å²) in [5, 5.41) is 12.5. The molecule has 6 nitrogen and oxygen atoms in total. The van der Waals surface area contributed by atoms with E-state index in [1.165, 1.54) is 6.42 Å². The zero-order valence-corrected chi connectivity index (χ0v) is 14.7. The third-order valence-electron chi connectivity index (χ3n) is 5.13. The summed E-state index contributed by atoms with van der Waals surface area (Å²) in [7, 11) is 1.90. The Balaban J connectivity index is 2.10. The van der Waals surface area contributed by atoms with E-state index in [1.807, 2.05) is 31.0 Å². The minimum atomic E-state index is -0.418. The predicted octanol–water partition coefficient (Wildman–Crippen LogP) is 3.00. The zero-order chi connectivity index (χ0) is 17.2. The third-order valence-corrected chi connectivity index (χ3v) is 5.13. The number of carbonyl (C=O) groups is 1. The Morgan fingerprint density at radius 2 is 2.04 bits per heavy atom. The number of amides is 1. The topological polar surface area (TPSA) is 63.9 Å². The van der Waals surface area contributed by atoms with Crippen molar-refractivity contribution in [2.24, 2.45) is 0 Å². The molecule has 2 aromatic rings. The van der Waals surface area contributed by atoms with Gasteiger partial charge in [0.25, 0.3) is 0 Å². The number of hydrogen-bond donors (Lipinski definition) is 0. The van der Waals surface area contributed by atoms with Crippen LogP contribution in [0.1, 0.15) is 56.8 Å². The molecular weight excluding hydrogens is 302 g/mol. The summed E-state index contributed by atoms with van der Waals surface area (Å²) < 4.78 is 1.80. The second-order valence-corrected chi connectivity index (χ2v) is 6.65. The molecule has 0 spiro atoms. The van der Waals surface area contributed by atoms with Gasteiger partial charge in [0.15, 0.2) is 5.82 Å². The van der Waals surface area contributed by atoms with Crippen molar-refractivity contribution in [1.29, 1.82) is 0 Å². The van der Waals surface area contributed by atoms with E-state index in [0.29, 0.717) is 6.42 Å². The highest BCUT2D eigenvalue weighted by molar-refractivity contribution is 5.76. The minimum absolute atomic E-state index is 0.135. The summed E-state index contributed by atoms with van der Waals surface area (Å²) in [6.45, 7) is 3.95. The SMILES string of the molecule is CCC(=O)N(C)C1(c2nnnn2-c2cccc(C)c2)CCCCC1. The van der Waals surface area contributed by atoms with E-state index in [1.54, 1.807) is 4.68 Å². The van der Waals surface area contributed by atoms with Crippen LogP contribution in [0.25, 0.3) is 5.69 Å². The molecule has 6 heteroatoms. The van der Waals surface area contributed by atoms with Crippen molar-refractivity contribution in [3.05, 3.63) is 35.7 Å². The molecule has 1 heterocycles. The molecule has 128 valence electrons. The van der Waals surface area contributed by atoms with Crippen LogP contribution in [0, 0.1) is 6.92 Å². The molecule has 1 saturated carbocycles. The lowest BCUT2D eigenvalue weighted by Crippen LogP contribution is -2.49. The number of benzene rings is 1. The second kappa shape index (κ2) is 6.71. The predicted molar refractivity (Wildman–Crippen MR) is 91.7 cm³/mol. The average Bonchev–Trinajstić information content (AvgIpc) is 3.11. The maximum atomic E-state index is 12.5. The average molecular weight is 327 g/mol. The highest BCUT2D eigenvalue weighted by Crippen LogP contribution is 2.41. The van der Waals surface area contributed by atoms with Crippen LogP contribution in [0.3, 0.4) is 0 Å². The van der Waals surface area contributed by atoms with Crippen LogP contribution in [-0.2, 0) is 10.3 Å². The first-order chi connectivity index (χ1) is 11.6. The summed E-state index contributed by atoms with van der Waals surface area (Å²) in [5.74, 6) is 0.910. The van der Waals surface area contributed by atoms with E-state index in [9.17, 15) is 4.79 Å². The van der Waals surface area contributed by atoms with Gasteiger partial charge in [-0.3, -0.25) is 4.79 Å². The summed E-state index contributed by atoms with van der Waals surface area (Å²) in [6.07, 6.45) is 5.67. The van der Waals surface area contributed by atoms with Gasteiger partial charge in [0, 0.05) is 13.5 Å². The number of carbonyl (C=O) groups excluding carboxylic acids is 1. The smallest absolute Gasteiger partial charge is 0.222 e. The van der Waals surface area contributed by atoms with Crippen LogP contribution >= 0.6 is 0 Å². The van der Waals surface area contributed by atoms with Gasteiger partial charge in [-0.25, -0.2) is 0 Å². The molecule has 0 N–H and O–H groups in total. The fourth-order valence-corrected chi connectivity index (χ4v) is 3.73. The van der Waals surface area contributed by atoms with Crippen molar-refractivity contribution >= 4 is 5.91 Å². The molecule has 3 rings (SSSR count). The Morgan fingerprint density at radius 3 is 2.71 bits per heavy atom. The van der Waals surface area contributed by atoms with Crippen molar-refractivity contribution in [1.82, 2.24) is 25.1 Å². The monoisotopic (exact) mass is 327 g/mol. The van der Waals surface area contributed by atoms with E-state index in [2.05, 4.69) is 34.6 Å². The Labute approximate surface area is 142 Å². The largest absolute Gasteiger partial charge is 0.333 e. The number of rotatable bonds is 4. The summed E-state index contributed by atoms with van der Waals surface area (Å²) in [5.41, 5.74) is 1.68. The first-order valence-corrected chi connectivity index (χ1v) is 8.71. The Kier molecular flexibility index (Phi) is 4.64. The van der Waals surface area contributed by atoms with Gasteiger partial charge in [0.05, 0.1) is 5.69 Å². The molecule has 1 aliphatic rings. The van der Waals surface area contributed by atoms with Gasteiger partial charge in [-0.1, -0.05) is 38.3 Å². The van der Waals surface area contributed by atoms with Crippen molar-refractivity contribution in [3.63, 3.8) is 0 Å². The number of aryl methyl sites for hydroxylation is 1. The molecule has 0 saturated heterocycles. The van der Waals surface area contributed by atoms with E-state index in [4.69, 9.17) is 0 Å². The summed E-state index contributed by atoms with van der Waals surface area (Å²) in [4.78, 5) is 14.3. The van der Waals surface area contributed by atoms with Crippen LogP contribution in [0.4, 0.5) is 0 Å². The van der Waals surface area contributed by atoms with E-state index in [-0.39, 0.29) is 5.91 Å².